The van der Waals surface area contributed by atoms with Crippen LogP contribution >= 0.6 is 0 Å². The minimum atomic E-state index is -0.273. The average Bonchev–Trinajstić information content (AvgIpc) is 2.26. The van der Waals surface area contributed by atoms with Gasteiger partial charge in [0, 0.05) is 0 Å². The van der Waals surface area contributed by atoms with E-state index in [9.17, 15) is 4.79 Å². The van der Waals surface area contributed by atoms with Gasteiger partial charge in [-0.25, -0.2) is 4.79 Å². The molecule has 3 heteroatoms. The predicted molar refractivity (Wildman–Crippen MR) is 54.0 cm³/mol. The monoisotopic (exact) mass is 200 g/mol. The maximum Gasteiger partial charge on any atom is 0.331 e. The van der Waals surface area contributed by atoms with Crippen molar-refractivity contribution >= 4 is 5.97 Å². The van der Waals surface area contributed by atoms with Crippen LogP contribution < -0.4 is 0 Å². The zero-order valence-electron chi connectivity index (χ0n) is 9.12. The molecule has 0 saturated heterocycles. The maximum absolute atomic E-state index is 10.9. The van der Waals surface area contributed by atoms with Crippen molar-refractivity contribution in [3.63, 3.8) is 0 Å². The van der Waals surface area contributed by atoms with Crippen LogP contribution in [0.25, 0.3) is 0 Å². The van der Waals surface area contributed by atoms with E-state index in [1.807, 2.05) is 0 Å². The van der Waals surface area contributed by atoms with Gasteiger partial charge in [0.1, 0.15) is 6.61 Å². The Bertz CT molecular complexity index is 179. The summed E-state index contributed by atoms with van der Waals surface area (Å²) in [5.41, 5.74) is 0. The minimum absolute atomic E-state index is 0.109. The molecule has 2 atom stereocenters. The average molecular weight is 200 g/mol. The minimum Gasteiger partial charge on any atom is -0.467 e. The lowest BCUT2D eigenvalue weighted by atomic mass is 9.85. The van der Waals surface area contributed by atoms with Crippen molar-refractivity contribution in [1.82, 2.24) is 0 Å². The van der Waals surface area contributed by atoms with E-state index in [0.29, 0.717) is 5.92 Å². The van der Waals surface area contributed by atoms with Crippen LogP contribution in [0.15, 0.2) is 0 Å². The van der Waals surface area contributed by atoms with E-state index in [2.05, 4.69) is 11.7 Å². The summed E-state index contributed by atoms with van der Waals surface area (Å²) in [7, 11) is 1.39. The second-order valence-corrected chi connectivity index (χ2v) is 3.88. The van der Waals surface area contributed by atoms with E-state index in [4.69, 9.17) is 4.74 Å². The molecule has 0 N–H and O–H groups in total. The zero-order valence-corrected chi connectivity index (χ0v) is 9.12. The highest BCUT2D eigenvalue weighted by Gasteiger charge is 2.24. The summed E-state index contributed by atoms with van der Waals surface area (Å²) in [5, 5.41) is 0. The first kappa shape index (κ1) is 11.5. The third-order valence-corrected chi connectivity index (χ3v) is 3.01. The molecule has 0 bridgehead atoms. The molecule has 0 radical (unpaired) electrons. The lowest BCUT2D eigenvalue weighted by molar-refractivity contribution is -0.150. The predicted octanol–water partition coefficient (Wildman–Crippen LogP) is 2.14. The molecule has 1 aliphatic carbocycles. The summed E-state index contributed by atoms with van der Waals surface area (Å²) >= 11 is 0. The summed E-state index contributed by atoms with van der Waals surface area (Å²) in [6.45, 7) is 2.29. The van der Waals surface area contributed by atoms with Crippen LogP contribution in [0.3, 0.4) is 0 Å². The van der Waals surface area contributed by atoms with Crippen LogP contribution in [-0.2, 0) is 14.3 Å². The molecule has 1 aliphatic rings. The van der Waals surface area contributed by atoms with Crippen molar-refractivity contribution < 1.29 is 14.3 Å². The number of esters is 1. The summed E-state index contributed by atoms with van der Waals surface area (Å²) in [6, 6.07) is 0. The highest BCUT2D eigenvalue weighted by atomic mass is 16.6. The number of methoxy groups -OCH3 is 1. The Morgan fingerprint density at radius 3 is 2.71 bits per heavy atom. The first-order valence-electron chi connectivity index (χ1n) is 5.46. The summed E-state index contributed by atoms with van der Waals surface area (Å²) in [5.74, 6) is 0.360. The Morgan fingerprint density at radius 2 is 2.07 bits per heavy atom. The molecule has 0 spiro atoms. The smallest absolute Gasteiger partial charge is 0.331 e. The SMILES string of the molecule is CCC1CCCCC1OCC(=O)OC. The molecule has 0 amide bonds. The van der Waals surface area contributed by atoms with Gasteiger partial charge in [0.05, 0.1) is 13.2 Å². The lowest BCUT2D eigenvalue weighted by Crippen LogP contribution is -2.29. The van der Waals surface area contributed by atoms with Gasteiger partial charge in [0.25, 0.3) is 0 Å². The highest BCUT2D eigenvalue weighted by molar-refractivity contribution is 5.70. The van der Waals surface area contributed by atoms with Crippen molar-refractivity contribution in [1.29, 1.82) is 0 Å². The Balaban J connectivity index is 2.29. The van der Waals surface area contributed by atoms with Crippen molar-refractivity contribution in [3.05, 3.63) is 0 Å². The normalized spacial score (nSPS) is 27.3. The van der Waals surface area contributed by atoms with E-state index in [0.717, 1.165) is 12.8 Å². The van der Waals surface area contributed by atoms with E-state index < -0.39 is 0 Å². The van der Waals surface area contributed by atoms with E-state index in [1.165, 1.54) is 26.4 Å². The molecular formula is C11H20O3. The number of carbonyl (C=O) groups excluding carboxylic acids is 1. The first-order valence-corrected chi connectivity index (χ1v) is 5.46. The molecule has 0 aromatic rings. The molecule has 1 fully saturated rings. The first-order chi connectivity index (χ1) is 6.77. The van der Waals surface area contributed by atoms with Gasteiger partial charge in [-0.05, 0) is 18.8 Å². The molecule has 2 unspecified atom stereocenters. The van der Waals surface area contributed by atoms with Crippen LogP contribution in [0, 0.1) is 5.92 Å². The van der Waals surface area contributed by atoms with Crippen molar-refractivity contribution in [2.45, 2.75) is 45.1 Å². The fourth-order valence-corrected chi connectivity index (χ4v) is 2.09. The second kappa shape index (κ2) is 6.02. The third kappa shape index (κ3) is 3.29. The van der Waals surface area contributed by atoms with Crippen LogP contribution in [0.2, 0.25) is 0 Å². The fraction of sp³-hybridized carbons (Fsp3) is 0.909. The van der Waals surface area contributed by atoms with E-state index in [-0.39, 0.29) is 18.7 Å². The molecule has 0 aromatic carbocycles. The molecule has 0 heterocycles. The third-order valence-electron chi connectivity index (χ3n) is 3.01. The molecular weight excluding hydrogens is 180 g/mol. The van der Waals surface area contributed by atoms with Gasteiger partial charge < -0.3 is 9.47 Å². The molecule has 1 rings (SSSR count). The summed E-state index contributed by atoms with van der Waals surface area (Å²) in [4.78, 5) is 10.9. The molecule has 82 valence electrons. The van der Waals surface area contributed by atoms with E-state index >= 15 is 0 Å². The van der Waals surface area contributed by atoms with Gasteiger partial charge in [-0.15, -0.1) is 0 Å². The molecule has 0 aliphatic heterocycles. The van der Waals surface area contributed by atoms with Crippen LogP contribution in [-0.4, -0.2) is 25.8 Å². The number of hydrogen-bond acceptors (Lipinski definition) is 3. The van der Waals surface area contributed by atoms with Crippen LogP contribution in [0.4, 0.5) is 0 Å². The van der Waals surface area contributed by atoms with Gasteiger partial charge in [-0.2, -0.15) is 0 Å². The van der Waals surface area contributed by atoms with Crippen LogP contribution in [0.5, 0.6) is 0 Å². The molecule has 1 saturated carbocycles. The van der Waals surface area contributed by atoms with Gasteiger partial charge in [-0.3, -0.25) is 0 Å². The van der Waals surface area contributed by atoms with Crippen molar-refractivity contribution in [2.75, 3.05) is 13.7 Å². The quantitative estimate of drug-likeness (QED) is 0.652. The lowest BCUT2D eigenvalue weighted by Gasteiger charge is -2.30. The Kier molecular flexibility index (Phi) is 4.94. The summed E-state index contributed by atoms with van der Waals surface area (Å²) < 4.78 is 10.1. The van der Waals surface area contributed by atoms with Crippen molar-refractivity contribution in [3.8, 4) is 0 Å². The molecule has 14 heavy (non-hydrogen) atoms. The summed E-state index contributed by atoms with van der Waals surface area (Å²) in [6.07, 6.45) is 6.27. The number of hydrogen-bond donors (Lipinski definition) is 0. The van der Waals surface area contributed by atoms with Gasteiger partial charge >= 0.3 is 5.97 Å². The standard InChI is InChI=1S/C11H20O3/c1-3-9-6-4-5-7-10(9)14-8-11(12)13-2/h9-10H,3-8H2,1-2H3. The van der Waals surface area contributed by atoms with Gasteiger partial charge in [0.15, 0.2) is 0 Å². The molecule has 0 aromatic heterocycles. The largest absolute Gasteiger partial charge is 0.467 e. The maximum atomic E-state index is 10.9. The highest BCUT2D eigenvalue weighted by Crippen LogP contribution is 2.28. The van der Waals surface area contributed by atoms with E-state index in [1.54, 1.807) is 0 Å². The topological polar surface area (TPSA) is 35.5 Å². The number of rotatable bonds is 4. The Labute approximate surface area is 85.8 Å². The van der Waals surface area contributed by atoms with Gasteiger partial charge in [0.2, 0.25) is 0 Å². The van der Waals surface area contributed by atoms with Gasteiger partial charge in [-0.1, -0.05) is 26.2 Å². The Hall–Kier alpha value is -0.570. The number of carbonyl (C=O) groups is 1. The second-order valence-electron chi connectivity index (χ2n) is 3.88. The number of ether oxygens (including phenoxy) is 2. The fourth-order valence-electron chi connectivity index (χ4n) is 2.09. The zero-order chi connectivity index (χ0) is 10.4. The van der Waals surface area contributed by atoms with Crippen LogP contribution in [0.1, 0.15) is 39.0 Å². The molecule has 3 nitrogen and oxygen atoms in total. The van der Waals surface area contributed by atoms with Crippen molar-refractivity contribution in [2.24, 2.45) is 5.92 Å². The Morgan fingerprint density at radius 1 is 1.36 bits per heavy atom.